The average Bonchev–Trinajstić information content (AvgIpc) is 1.41. The first-order chi connectivity index (χ1) is 38.6. The van der Waals surface area contributed by atoms with Crippen LogP contribution in [-0.2, 0) is 34.5 Å². The van der Waals surface area contributed by atoms with E-state index >= 15 is 0 Å². The molecule has 0 N–H and O–H groups in total. The molecule has 83 heavy (non-hydrogen) atoms. The number of fused-ring (bicyclic) bond motifs is 3. The number of hydrogen-bond acceptors (Lipinski definition) is 6. The van der Waals surface area contributed by atoms with E-state index in [1.165, 1.54) is 52.6 Å². The normalized spacial score (nSPS) is 37.6. The SMILES string of the molecule is CC1CC(C)(C)C2C(C)C(C)C(C(C)C2C)C(C)(C)CC(C)(C)C2C(C)C(C)C(C(C)C2C)C(C)(C)CC(C)(C)C2C(C)C(C)C1C(C)C2C.ClCCl.SCc1ccc(CS)cc1.c1cc2ccc1CSSCc1ccc(cc1)CSSC2. The molecule has 472 valence electrons. The molecule has 8 heteroatoms. The fourth-order valence-corrected chi connectivity index (χ4v) is 26.3. The molecule has 0 radical (unpaired) electrons. The third-order valence-corrected chi connectivity index (χ3v) is 29.5. The molecule has 7 saturated carbocycles. The topological polar surface area (TPSA) is 0 Å². The van der Waals surface area contributed by atoms with Crippen molar-refractivity contribution in [1.29, 1.82) is 0 Å². The molecule has 14 rings (SSSR count). The second-order valence-electron chi connectivity index (χ2n) is 31.9. The van der Waals surface area contributed by atoms with Crippen molar-refractivity contribution in [2.45, 2.75) is 213 Å². The highest BCUT2D eigenvalue weighted by molar-refractivity contribution is 8.76. The van der Waals surface area contributed by atoms with E-state index < -0.39 is 0 Å². The molecule has 0 saturated heterocycles. The van der Waals surface area contributed by atoms with Crippen molar-refractivity contribution in [3.05, 3.63) is 106 Å². The Morgan fingerprint density at radius 1 is 0.337 bits per heavy atom. The highest BCUT2D eigenvalue weighted by Gasteiger charge is 2.59. The molecule has 10 bridgehead atoms. The summed E-state index contributed by atoms with van der Waals surface area (Å²) in [5, 5.41) is 0.194. The number of rotatable bonds is 2. The molecule has 7 aliphatic carbocycles. The van der Waals surface area contributed by atoms with Gasteiger partial charge >= 0.3 is 0 Å². The molecule has 4 heterocycles. The highest BCUT2D eigenvalue weighted by atomic mass is 35.5. The van der Waals surface area contributed by atoms with Crippen LogP contribution >= 0.6 is 91.6 Å². The summed E-state index contributed by atoms with van der Waals surface area (Å²) in [5.41, 5.74) is 9.81. The van der Waals surface area contributed by atoms with Crippen molar-refractivity contribution in [2.24, 2.45) is 140 Å². The van der Waals surface area contributed by atoms with E-state index in [1.807, 2.05) is 43.2 Å². The van der Waals surface area contributed by atoms with Crippen LogP contribution in [0.5, 0.6) is 0 Å². The van der Waals surface area contributed by atoms with Crippen LogP contribution in [0.1, 0.15) is 212 Å². The first-order valence-electron chi connectivity index (χ1n) is 32.7. The van der Waals surface area contributed by atoms with Gasteiger partial charge in [0.1, 0.15) is 0 Å². The fourth-order valence-electron chi connectivity index (χ4n) is 21.6. The Morgan fingerprint density at radius 2 is 0.530 bits per heavy atom. The second-order valence-corrected chi connectivity index (χ2v) is 38.3. The maximum Gasteiger partial charge on any atom is 0.0967 e. The Kier molecular flexibility index (Phi) is 28.2. The number of thiol groups is 2. The van der Waals surface area contributed by atoms with E-state index in [0.29, 0.717) is 27.1 Å². The van der Waals surface area contributed by atoms with Crippen LogP contribution in [0, 0.1) is 140 Å². The van der Waals surface area contributed by atoms with E-state index in [1.54, 1.807) is 0 Å². The van der Waals surface area contributed by atoms with E-state index in [-0.39, 0.29) is 5.34 Å². The lowest BCUT2D eigenvalue weighted by Gasteiger charge is -2.61. The summed E-state index contributed by atoms with van der Waals surface area (Å²) >= 11 is 17.8. The minimum atomic E-state index is 0.194. The maximum atomic E-state index is 4.76. The van der Waals surface area contributed by atoms with Gasteiger partial charge in [-0.15, -0.1) is 23.2 Å². The van der Waals surface area contributed by atoms with E-state index in [0.717, 1.165) is 147 Å². The van der Waals surface area contributed by atoms with Gasteiger partial charge < -0.3 is 0 Å². The molecular weight excluding hydrogens is 1160 g/mol. The molecule has 0 spiro atoms. The van der Waals surface area contributed by atoms with Crippen LogP contribution < -0.4 is 0 Å². The standard InChI is InChI=1S/C50H94.C16H16S4.C8H10S2.CH2Cl2/c1-27-24-46(14,15)41-32(6)34(8)43(35(9)33(41)7)49(20,21)26-50(22,23)45-38(12)36(10)44(37(11)39(45)13)48(18,19)25-47(16,17)42-30(4)28(2)40(27)29(3)31(42)5;1-2-14-4-3-13(1)9-17-19-11-15-5-7-16(8-6-15)12-20-18-10-14;9-5-7-1-2-8(6-10)4-3-7;2-1-3/h27-45H,24-26H2,1-23H3;1-8H,9-12H2;1-4,9-10H,5-6H2;1H2. The van der Waals surface area contributed by atoms with Crippen LogP contribution in [0.2, 0.25) is 0 Å². The lowest BCUT2D eigenvalue weighted by molar-refractivity contribution is -0.131. The van der Waals surface area contributed by atoms with Gasteiger partial charge in [-0.1, -0.05) is 275 Å². The number of hydrogen-bond donors (Lipinski definition) is 2. The van der Waals surface area contributed by atoms with Crippen LogP contribution in [0.25, 0.3) is 0 Å². The lowest BCUT2D eigenvalue weighted by Crippen LogP contribution is -2.55. The quantitative estimate of drug-likeness (QED) is 0.149. The Hall–Kier alpha value is 0.340. The number of halogens is 2. The minimum Gasteiger partial charge on any atom is -0.175 e. The van der Waals surface area contributed by atoms with Gasteiger partial charge in [-0.3, -0.25) is 0 Å². The van der Waals surface area contributed by atoms with Crippen molar-refractivity contribution >= 4 is 91.6 Å². The number of alkyl halides is 2. The molecule has 13 unspecified atom stereocenters. The molecule has 7 fully saturated rings. The van der Waals surface area contributed by atoms with Crippen molar-refractivity contribution in [3.63, 3.8) is 0 Å². The summed E-state index contributed by atoms with van der Waals surface area (Å²) in [7, 11) is 7.78. The Bertz CT molecular complexity index is 2200. The predicted octanol–water partition coefficient (Wildman–Crippen LogP) is 25.4. The zero-order chi connectivity index (χ0) is 62.3. The molecule has 13 atom stereocenters. The smallest absolute Gasteiger partial charge is 0.0967 e. The van der Waals surface area contributed by atoms with Crippen LogP contribution in [0.15, 0.2) is 72.8 Å². The zero-order valence-corrected chi connectivity index (χ0v) is 63.3. The van der Waals surface area contributed by atoms with Gasteiger partial charge in [0, 0.05) is 34.5 Å². The lowest BCUT2D eigenvalue weighted by atomic mass is 9.44. The van der Waals surface area contributed by atoms with E-state index in [9.17, 15) is 0 Å². The molecule has 4 aliphatic heterocycles. The van der Waals surface area contributed by atoms with Gasteiger partial charge in [-0.05, 0) is 192 Å². The molecule has 11 aliphatic rings. The van der Waals surface area contributed by atoms with Gasteiger partial charge in [0.2, 0.25) is 0 Å². The Balaban J connectivity index is 0.000000307. The Labute approximate surface area is 551 Å². The third kappa shape index (κ3) is 18.1. The van der Waals surface area contributed by atoms with E-state index in [2.05, 4.69) is 257 Å². The third-order valence-electron chi connectivity index (χ3n) is 24.2. The summed E-state index contributed by atoms with van der Waals surface area (Å²) in [6.07, 6.45) is 4.07. The average molecular weight is 1290 g/mol. The molecular formula is C75H122Cl2S6. The largest absolute Gasteiger partial charge is 0.175 e. The first-order valence-corrected chi connectivity index (χ1v) is 40.0. The zero-order valence-electron chi connectivity index (χ0n) is 56.8. The van der Waals surface area contributed by atoms with Crippen LogP contribution in [0.4, 0.5) is 0 Å². The van der Waals surface area contributed by atoms with Gasteiger partial charge in [0.25, 0.3) is 0 Å². The molecule has 3 aromatic rings. The van der Waals surface area contributed by atoms with Crippen molar-refractivity contribution < 1.29 is 0 Å². The fraction of sp³-hybridized carbons (Fsp3) is 0.760. The molecule has 0 aromatic heterocycles. The van der Waals surface area contributed by atoms with Gasteiger partial charge in [0.05, 0.1) is 5.34 Å². The molecule has 0 amide bonds. The summed E-state index contributed by atoms with van der Waals surface area (Å²) in [6, 6.07) is 26.5. The van der Waals surface area contributed by atoms with E-state index in [4.69, 9.17) is 23.2 Å². The monoisotopic (exact) mass is 1280 g/mol. The summed E-state index contributed by atoms with van der Waals surface area (Å²) < 4.78 is 0. The summed E-state index contributed by atoms with van der Waals surface area (Å²) in [6.45, 7) is 62.0. The highest BCUT2D eigenvalue weighted by Crippen LogP contribution is 2.66. The van der Waals surface area contributed by atoms with Gasteiger partial charge in [-0.2, -0.15) is 25.3 Å². The van der Waals surface area contributed by atoms with Crippen LogP contribution in [-0.4, -0.2) is 5.34 Å². The summed E-state index contributed by atoms with van der Waals surface area (Å²) in [5.74, 6) is 20.4. The number of benzene rings is 3. The molecule has 0 nitrogen and oxygen atoms in total. The second kappa shape index (κ2) is 31.6. The Morgan fingerprint density at radius 3 is 0.735 bits per heavy atom. The predicted molar refractivity (Wildman–Crippen MR) is 389 cm³/mol. The minimum absolute atomic E-state index is 0.194. The molecule has 3 aromatic carbocycles. The first kappa shape index (κ1) is 74.1. The van der Waals surface area contributed by atoms with Crippen molar-refractivity contribution in [2.75, 3.05) is 5.34 Å². The maximum absolute atomic E-state index is 4.76. The van der Waals surface area contributed by atoms with Crippen molar-refractivity contribution in [1.82, 2.24) is 0 Å². The summed E-state index contributed by atoms with van der Waals surface area (Å²) in [4.78, 5) is 0. The van der Waals surface area contributed by atoms with Gasteiger partial charge in [-0.25, -0.2) is 0 Å². The van der Waals surface area contributed by atoms with Gasteiger partial charge in [0.15, 0.2) is 0 Å². The van der Waals surface area contributed by atoms with Crippen molar-refractivity contribution in [3.8, 4) is 0 Å². The van der Waals surface area contributed by atoms with Crippen LogP contribution in [0.3, 0.4) is 0 Å².